The van der Waals surface area contributed by atoms with Gasteiger partial charge in [0.2, 0.25) is 0 Å². The number of likely N-dealkylation sites (N-methyl/N-ethyl adjacent to an activating group) is 1. The summed E-state index contributed by atoms with van der Waals surface area (Å²) in [5.41, 5.74) is 0. The minimum Gasteiger partial charge on any atom is -0.396 e. The van der Waals surface area contributed by atoms with Gasteiger partial charge in [-0.15, -0.1) is 0 Å². The third-order valence-corrected chi connectivity index (χ3v) is 2.70. The second-order valence-corrected chi connectivity index (χ2v) is 4.32. The largest absolute Gasteiger partial charge is 0.396 e. The van der Waals surface area contributed by atoms with Crippen molar-refractivity contribution in [3.8, 4) is 0 Å². The zero-order chi connectivity index (χ0) is 10.2. The van der Waals surface area contributed by atoms with Crippen LogP contribution in [0.5, 0.6) is 0 Å². The lowest BCUT2D eigenvalue weighted by molar-refractivity contribution is 0.272. The smallest absolute Gasteiger partial charge is 0.0431 e. The molecular formula is C11H24N2O. The molecule has 1 fully saturated rings. The number of rotatable bonds is 9. The zero-order valence-electron chi connectivity index (χ0n) is 9.34. The second-order valence-electron chi connectivity index (χ2n) is 4.32. The maximum atomic E-state index is 8.62. The van der Waals surface area contributed by atoms with Crippen LogP contribution in [0.3, 0.4) is 0 Å². The lowest BCUT2D eigenvalue weighted by Crippen LogP contribution is -2.30. The van der Waals surface area contributed by atoms with E-state index < -0.39 is 0 Å². The van der Waals surface area contributed by atoms with Crippen molar-refractivity contribution in [2.45, 2.75) is 38.1 Å². The van der Waals surface area contributed by atoms with Crippen LogP contribution in [0.25, 0.3) is 0 Å². The van der Waals surface area contributed by atoms with E-state index in [9.17, 15) is 0 Å². The monoisotopic (exact) mass is 200 g/mol. The number of unbranched alkanes of at least 4 members (excludes halogenated alkanes) is 2. The molecule has 0 amide bonds. The molecule has 0 atom stereocenters. The van der Waals surface area contributed by atoms with E-state index in [1.165, 1.54) is 19.3 Å². The van der Waals surface area contributed by atoms with Crippen molar-refractivity contribution in [2.24, 2.45) is 0 Å². The molecular weight excluding hydrogens is 176 g/mol. The highest BCUT2D eigenvalue weighted by Crippen LogP contribution is 2.17. The first-order chi connectivity index (χ1) is 6.83. The average molecular weight is 200 g/mol. The van der Waals surface area contributed by atoms with Crippen molar-refractivity contribution >= 4 is 0 Å². The molecule has 0 aromatic rings. The molecule has 0 aromatic carbocycles. The van der Waals surface area contributed by atoms with Crippen molar-refractivity contribution < 1.29 is 5.11 Å². The summed E-state index contributed by atoms with van der Waals surface area (Å²) >= 11 is 0. The van der Waals surface area contributed by atoms with E-state index >= 15 is 0 Å². The molecule has 3 heteroatoms. The molecule has 0 radical (unpaired) electrons. The summed E-state index contributed by atoms with van der Waals surface area (Å²) in [6.07, 6.45) is 6.06. The summed E-state index contributed by atoms with van der Waals surface area (Å²) in [5.74, 6) is 0. The van der Waals surface area contributed by atoms with Crippen molar-refractivity contribution in [3.63, 3.8) is 0 Å². The molecule has 0 spiro atoms. The Morgan fingerprint density at radius 3 is 2.64 bits per heavy atom. The van der Waals surface area contributed by atoms with Crippen LogP contribution < -0.4 is 5.32 Å². The fraction of sp³-hybridized carbons (Fsp3) is 1.00. The third-order valence-electron chi connectivity index (χ3n) is 2.70. The van der Waals surface area contributed by atoms with Crippen LogP contribution in [0.1, 0.15) is 32.1 Å². The summed E-state index contributed by atoms with van der Waals surface area (Å²) < 4.78 is 0. The van der Waals surface area contributed by atoms with Crippen molar-refractivity contribution in [3.05, 3.63) is 0 Å². The Hall–Kier alpha value is -0.120. The number of aliphatic hydroxyl groups is 1. The van der Waals surface area contributed by atoms with E-state index in [1.807, 2.05) is 0 Å². The van der Waals surface area contributed by atoms with Crippen LogP contribution in [0.2, 0.25) is 0 Å². The molecule has 1 aliphatic rings. The number of aliphatic hydroxyl groups excluding tert-OH is 1. The van der Waals surface area contributed by atoms with Gasteiger partial charge in [0.25, 0.3) is 0 Å². The fourth-order valence-corrected chi connectivity index (χ4v) is 1.53. The first-order valence-electron chi connectivity index (χ1n) is 5.85. The predicted octanol–water partition coefficient (Wildman–Crippen LogP) is 0.833. The average Bonchev–Trinajstić information content (AvgIpc) is 2.96. The van der Waals surface area contributed by atoms with E-state index in [0.29, 0.717) is 6.61 Å². The number of nitrogens with zero attached hydrogens (tertiary/aromatic N) is 1. The molecule has 1 aliphatic carbocycles. The van der Waals surface area contributed by atoms with Gasteiger partial charge in [-0.3, -0.25) is 0 Å². The van der Waals surface area contributed by atoms with Crippen LogP contribution in [-0.4, -0.2) is 49.3 Å². The molecule has 1 saturated carbocycles. The van der Waals surface area contributed by atoms with Gasteiger partial charge in [0, 0.05) is 25.7 Å². The number of hydrogen-bond donors (Lipinski definition) is 2. The number of hydrogen-bond acceptors (Lipinski definition) is 3. The van der Waals surface area contributed by atoms with E-state index in [1.54, 1.807) is 0 Å². The lowest BCUT2D eigenvalue weighted by atomic mass is 10.2. The van der Waals surface area contributed by atoms with Gasteiger partial charge in [-0.25, -0.2) is 0 Å². The normalized spacial score (nSPS) is 16.5. The Morgan fingerprint density at radius 2 is 2.00 bits per heavy atom. The Bertz CT molecular complexity index is 137. The van der Waals surface area contributed by atoms with Gasteiger partial charge < -0.3 is 15.3 Å². The minimum atomic E-state index is 0.340. The maximum absolute atomic E-state index is 8.62. The molecule has 1 rings (SSSR count). The lowest BCUT2D eigenvalue weighted by Gasteiger charge is -2.16. The van der Waals surface area contributed by atoms with E-state index in [-0.39, 0.29) is 0 Å². The Morgan fingerprint density at radius 1 is 1.21 bits per heavy atom. The van der Waals surface area contributed by atoms with E-state index in [2.05, 4.69) is 17.3 Å². The second kappa shape index (κ2) is 7.21. The predicted molar refractivity (Wildman–Crippen MR) is 59.5 cm³/mol. The van der Waals surface area contributed by atoms with Gasteiger partial charge >= 0.3 is 0 Å². The highest BCUT2D eigenvalue weighted by Gasteiger charge is 2.19. The highest BCUT2D eigenvalue weighted by atomic mass is 16.2. The van der Waals surface area contributed by atoms with E-state index in [4.69, 9.17) is 5.11 Å². The molecule has 3 nitrogen and oxygen atoms in total. The van der Waals surface area contributed by atoms with Crippen molar-refractivity contribution in [1.82, 2.24) is 10.2 Å². The molecule has 84 valence electrons. The van der Waals surface area contributed by atoms with Gasteiger partial charge in [0.15, 0.2) is 0 Å². The van der Waals surface area contributed by atoms with Gasteiger partial charge in [-0.05, 0) is 45.7 Å². The van der Waals surface area contributed by atoms with Crippen molar-refractivity contribution in [2.75, 3.05) is 33.3 Å². The van der Waals surface area contributed by atoms with Crippen molar-refractivity contribution in [1.29, 1.82) is 0 Å². The quantitative estimate of drug-likeness (QED) is 0.541. The fourth-order valence-electron chi connectivity index (χ4n) is 1.53. The molecule has 0 heterocycles. The third kappa shape index (κ3) is 6.35. The Labute approximate surface area is 87.5 Å². The summed E-state index contributed by atoms with van der Waals surface area (Å²) in [6.45, 7) is 3.77. The molecule has 0 aliphatic heterocycles. The molecule has 0 aromatic heterocycles. The standard InChI is InChI=1S/C11H24N2O/c1-13(8-3-2-4-10-14)9-7-12-11-5-6-11/h11-12,14H,2-10H2,1H3. The van der Waals surface area contributed by atoms with Crippen LogP contribution in [0.4, 0.5) is 0 Å². The van der Waals surface area contributed by atoms with Crippen LogP contribution in [0.15, 0.2) is 0 Å². The van der Waals surface area contributed by atoms with Gasteiger partial charge in [-0.2, -0.15) is 0 Å². The van der Waals surface area contributed by atoms with Crippen LogP contribution >= 0.6 is 0 Å². The first kappa shape index (κ1) is 12.0. The summed E-state index contributed by atoms with van der Waals surface area (Å²) in [6, 6.07) is 0.831. The summed E-state index contributed by atoms with van der Waals surface area (Å²) in [5, 5.41) is 12.1. The van der Waals surface area contributed by atoms with E-state index in [0.717, 1.165) is 38.5 Å². The Balaban J connectivity index is 1.79. The zero-order valence-corrected chi connectivity index (χ0v) is 9.34. The van der Waals surface area contributed by atoms with Gasteiger partial charge in [-0.1, -0.05) is 0 Å². The first-order valence-corrected chi connectivity index (χ1v) is 5.85. The topological polar surface area (TPSA) is 35.5 Å². The highest BCUT2D eigenvalue weighted by molar-refractivity contribution is 4.80. The molecule has 14 heavy (non-hydrogen) atoms. The SMILES string of the molecule is CN(CCCCCO)CCNC1CC1. The summed E-state index contributed by atoms with van der Waals surface area (Å²) in [7, 11) is 2.17. The van der Waals surface area contributed by atoms with Gasteiger partial charge in [0.05, 0.1) is 0 Å². The molecule has 0 bridgehead atoms. The van der Waals surface area contributed by atoms with Gasteiger partial charge in [0.1, 0.15) is 0 Å². The number of nitrogens with one attached hydrogen (secondary N) is 1. The maximum Gasteiger partial charge on any atom is 0.0431 e. The molecule has 0 unspecified atom stereocenters. The van der Waals surface area contributed by atoms with Crippen LogP contribution in [0, 0.1) is 0 Å². The molecule has 2 N–H and O–H groups in total. The summed E-state index contributed by atoms with van der Waals surface area (Å²) in [4.78, 5) is 2.37. The molecule has 0 saturated heterocycles. The van der Waals surface area contributed by atoms with Crippen LogP contribution in [-0.2, 0) is 0 Å². The minimum absolute atomic E-state index is 0.340. The Kier molecular flexibility index (Phi) is 6.15.